The number of rotatable bonds is 8. The fourth-order valence-electron chi connectivity index (χ4n) is 1.90. The van der Waals surface area contributed by atoms with E-state index in [1.807, 2.05) is 0 Å². The van der Waals surface area contributed by atoms with Gasteiger partial charge in [-0.05, 0) is 0 Å². The van der Waals surface area contributed by atoms with Crippen LogP contribution >= 0.6 is 0 Å². The van der Waals surface area contributed by atoms with Gasteiger partial charge >= 0.3 is 29.9 Å². The maximum atomic E-state index is 13.3. The first kappa shape index (κ1) is 22.8. The number of aliphatic hydroxyl groups is 1. The number of hydrogen-bond acceptors (Lipinski definition) is 2. The first-order valence-electron chi connectivity index (χ1n) is 6.19. The minimum absolute atomic E-state index is 0.701. The van der Waals surface area contributed by atoms with Crippen LogP contribution in [0, 0.1) is 0 Å². The third-order valence-electron chi connectivity index (χ3n) is 2.97. The number of carboxylic acid groups (broad SMARTS) is 1. The van der Waals surface area contributed by atoms with Crippen LogP contribution in [0.25, 0.3) is 0 Å². The third kappa shape index (κ3) is 4.88. The van der Waals surface area contributed by atoms with Gasteiger partial charge in [0, 0.05) is 6.42 Å². The number of halogens is 9. The Bertz CT molecular complexity index is 462. The molecule has 24 heavy (non-hydrogen) atoms. The van der Waals surface area contributed by atoms with Crippen molar-refractivity contribution in [1.29, 1.82) is 0 Å². The molecule has 4 nitrogen and oxygen atoms in total. The van der Waals surface area contributed by atoms with Crippen molar-refractivity contribution in [3.05, 3.63) is 0 Å². The van der Waals surface area contributed by atoms with E-state index in [0.717, 1.165) is 14.1 Å². The van der Waals surface area contributed by atoms with Gasteiger partial charge in [0.15, 0.2) is 6.54 Å². The Hall–Kier alpha value is -1.24. The van der Waals surface area contributed by atoms with Gasteiger partial charge in [-0.25, -0.2) is 4.79 Å². The zero-order valence-corrected chi connectivity index (χ0v) is 12.4. The van der Waals surface area contributed by atoms with Gasteiger partial charge in [0.1, 0.15) is 12.6 Å². The molecule has 0 aromatic heterocycles. The SMILES string of the molecule is C[N+](C)(CC(=O)O)CC(O)CC(F)(F)C(F)(F)C(F)(F)C(F)(F)F. The van der Waals surface area contributed by atoms with Gasteiger partial charge in [0.25, 0.3) is 0 Å². The lowest BCUT2D eigenvalue weighted by Gasteiger charge is -2.36. The minimum atomic E-state index is -7.02. The zero-order valence-electron chi connectivity index (χ0n) is 12.4. The second-order valence-corrected chi connectivity index (χ2v) is 5.88. The first-order valence-corrected chi connectivity index (χ1v) is 6.19. The summed E-state index contributed by atoms with van der Waals surface area (Å²) in [5.74, 6) is -21.2. The molecule has 0 aliphatic carbocycles. The Balaban J connectivity index is 5.30. The number of likely N-dealkylation sites (N-methyl/N-ethyl adjacent to an activating group) is 1. The van der Waals surface area contributed by atoms with Crippen LogP contribution in [0.5, 0.6) is 0 Å². The summed E-state index contributed by atoms with van der Waals surface area (Å²) in [5.41, 5.74) is 0. The molecule has 0 radical (unpaired) electrons. The molecule has 0 bridgehead atoms. The van der Waals surface area contributed by atoms with E-state index in [9.17, 15) is 49.4 Å². The summed E-state index contributed by atoms with van der Waals surface area (Å²) in [5, 5.41) is 17.8. The van der Waals surface area contributed by atoms with E-state index in [1.54, 1.807) is 0 Å². The predicted molar refractivity (Wildman–Crippen MR) is 61.0 cm³/mol. The summed E-state index contributed by atoms with van der Waals surface area (Å²) in [6.45, 7) is -1.63. The van der Waals surface area contributed by atoms with Gasteiger partial charge in [-0.15, -0.1) is 0 Å². The fourth-order valence-corrected chi connectivity index (χ4v) is 1.90. The Morgan fingerprint density at radius 2 is 1.38 bits per heavy atom. The highest BCUT2D eigenvalue weighted by atomic mass is 19.4. The number of nitrogens with zero attached hydrogens (tertiary/aromatic N) is 1. The van der Waals surface area contributed by atoms with Crippen molar-refractivity contribution >= 4 is 5.97 Å². The molecule has 2 N–H and O–H groups in total. The van der Waals surface area contributed by atoms with Crippen LogP contribution in [0.2, 0.25) is 0 Å². The van der Waals surface area contributed by atoms with Gasteiger partial charge in [-0.2, -0.15) is 39.5 Å². The molecule has 1 unspecified atom stereocenters. The molecule has 1 atom stereocenters. The number of aliphatic carboxylic acids is 1. The average Bonchev–Trinajstić information content (AvgIpc) is 2.22. The lowest BCUT2D eigenvalue weighted by molar-refractivity contribution is -0.886. The van der Waals surface area contributed by atoms with Crippen LogP contribution in [0.15, 0.2) is 0 Å². The third-order valence-corrected chi connectivity index (χ3v) is 2.97. The number of carboxylic acids is 1. The van der Waals surface area contributed by atoms with Crippen molar-refractivity contribution in [2.45, 2.75) is 36.5 Å². The lowest BCUT2D eigenvalue weighted by Crippen LogP contribution is -2.62. The molecular formula is C11H15F9NO3+. The summed E-state index contributed by atoms with van der Waals surface area (Å²) in [6, 6.07) is 0. The second kappa shape index (κ2) is 6.58. The number of alkyl halides is 9. The Morgan fingerprint density at radius 1 is 0.958 bits per heavy atom. The number of aliphatic hydroxyl groups excluding tert-OH is 1. The summed E-state index contributed by atoms with van der Waals surface area (Å²) >= 11 is 0. The van der Waals surface area contributed by atoms with Gasteiger partial charge in [0.05, 0.1) is 14.1 Å². The van der Waals surface area contributed by atoms with Crippen molar-refractivity contribution in [1.82, 2.24) is 0 Å². The molecule has 0 saturated heterocycles. The van der Waals surface area contributed by atoms with Gasteiger partial charge in [0.2, 0.25) is 0 Å². The van der Waals surface area contributed by atoms with Crippen molar-refractivity contribution in [2.75, 3.05) is 27.2 Å². The van der Waals surface area contributed by atoms with E-state index in [2.05, 4.69) is 0 Å². The van der Waals surface area contributed by atoms with Gasteiger partial charge < -0.3 is 14.7 Å². The van der Waals surface area contributed by atoms with E-state index in [4.69, 9.17) is 5.11 Å². The van der Waals surface area contributed by atoms with E-state index in [1.165, 1.54) is 0 Å². The van der Waals surface area contributed by atoms with E-state index in [-0.39, 0.29) is 0 Å². The molecule has 0 spiro atoms. The van der Waals surface area contributed by atoms with Crippen LogP contribution < -0.4 is 0 Å². The first-order chi connectivity index (χ1) is 10.3. The van der Waals surface area contributed by atoms with Crippen LogP contribution in [-0.4, -0.2) is 77.9 Å². The molecule has 0 rings (SSSR count). The quantitative estimate of drug-likeness (QED) is 0.502. The summed E-state index contributed by atoms with van der Waals surface area (Å²) in [4.78, 5) is 10.5. The van der Waals surface area contributed by atoms with E-state index < -0.39 is 60.0 Å². The number of hydrogen-bond donors (Lipinski definition) is 2. The number of quaternary nitrogens is 1. The Kier molecular flexibility index (Phi) is 6.24. The molecule has 0 amide bonds. The molecule has 144 valence electrons. The van der Waals surface area contributed by atoms with Gasteiger partial charge in [-0.1, -0.05) is 0 Å². The van der Waals surface area contributed by atoms with Crippen LogP contribution in [0.1, 0.15) is 6.42 Å². The molecular weight excluding hydrogens is 365 g/mol. The smallest absolute Gasteiger partial charge is 0.460 e. The van der Waals surface area contributed by atoms with Crippen molar-refractivity contribution in [3.63, 3.8) is 0 Å². The monoisotopic (exact) mass is 380 g/mol. The molecule has 0 heterocycles. The Labute approximate surface area is 130 Å². The molecule has 0 aliphatic rings. The van der Waals surface area contributed by atoms with Crippen LogP contribution in [0.4, 0.5) is 39.5 Å². The summed E-state index contributed by atoms with van der Waals surface area (Å²) in [7, 11) is 2.19. The second-order valence-electron chi connectivity index (χ2n) is 5.88. The largest absolute Gasteiger partial charge is 0.477 e. The standard InChI is InChI=1S/C11H14F9NO3/c1-21(2,5-7(23)24)4-6(22)3-8(12,13)9(14,15)10(16,17)11(18,19)20/h6,22H,3-5H2,1-2H3/p+1. The lowest BCUT2D eigenvalue weighted by atomic mass is 9.98. The topological polar surface area (TPSA) is 57.5 Å². The van der Waals surface area contributed by atoms with E-state index >= 15 is 0 Å². The maximum absolute atomic E-state index is 13.3. The molecule has 0 aliphatic heterocycles. The average molecular weight is 380 g/mol. The van der Waals surface area contributed by atoms with E-state index in [0.29, 0.717) is 0 Å². The van der Waals surface area contributed by atoms with Crippen molar-refractivity contribution in [3.8, 4) is 0 Å². The van der Waals surface area contributed by atoms with Crippen molar-refractivity contribution in [2.24, 2.45) is 0 Å². The predicted octanol–water partition coefficient (Wildman–Crippen LogP) is 2.37. The molecule has 0 saturated carbocycles. The molecule has 0 fully saturated rings. The highest BCUT2D eigenvalue weighted by Gasteiger charge is 2.81. The van der Waals surface area contributed by atoms with Crippen LogP contribution in [-0.2, 0) is 4.79 Å². The minimum Gasteiger partial charge on any atom is -0.477 e. The highest BCUT2D eigenvalue weighted by Crippen LogP contribution is 2.54. The van der Waals surface area contributed by atoms with Gasteiger partial charge in [-0.3, -0.25) is 0 Å². The molecule has 13 heteroatoms. The normalized spacial score (nSPS) is 16.2. The molecule has 0 aromatic rings. The number of carbonyl (C=O) groups is 1. The Morgan fingerprint density at radius 3 is 1.71 bits per heavy atom. The maximum Gasteiger partial charge on any atom is 0.460 e. The van der Waals surface area contributed by atoms with Crippen molar-refractivity contribution < 1.29 is 59.0 Å². The summed E-state index contributed by atoms with van der Waals surface area (Å²) in [6.07, 6.45) is -11.8. The zero-order chi connectivity index (χ0) is 19.8. The fraction of sp³-hybridized carbons (Fsp3) is 0.909. The molecule has 0 aromatic carbocycles. The van der Waals surface area contributed by atoms with Crippen LogP contribution in [0.3, 0.4) is 0 Å². The summed E-state index contributed by atoms with van der Waals surface area (Å²) < 4.78 is 113. The highest BCUT2D eigenvalue weighted by molar-refractivity contribution is 5.67.